The molecule has 0 spiro atoms. The van der Waals surface area contributed by atoms with E-state index in [1.165, 1.54) is 6.08 Å². The predicted octanol–water partition coefficient (Wildman–Crippen LogP) is 6.47. The third-order valence-electron chi connectivity index (χ3n) is 14.7. The molecule has 15 atom stereocenters. The summed E-state index contributed by atoms with van der Waals surface area (Å²) in [6, 6.07) is 0. The van der Waals surface area contributed by atoms with Crippen LogP contribution in [0.4, 0.5) is 8.78 Å². The fraction of sp³-hybridized carbons (Fsp3) is 0.854. The van der Waals surface area contributed by atoms with Gasteiger partial charge in [0.15, 0.2) is 18.9 Å². The van der Waals surface area contributed by atoms with Crippen LogP contribution in [-0.2, 0) is 66.6 Å². The van der Waals surface area contributed by atoms with Crippen LogP contribution in [0, 0.1) is 35.5 Å². The Kier molecular flexibility index (Phi) is 18.4. The Balaban J connectivity index is 0.000000152. The van der Waals surface area contributed by atoms with Crippen LogP contribution in [0.25, 0.3) is 0 Å². The maximum absolute atomic E-state index is 14.2. The summed E-state index contributed by atoms with van der Waals surface area (Å²) in [7, 11) is 0. The summed E-state index contributed by atoms with van der Waals surface area (Å²) in [6.07, 6.45) is 16.1. The zero-order valence-corrected chi connectivity index (χ0v) is 37.8. The van der Waals surface area contributed by atoms with Crippen molar-refractivity contribution in [3.05, 3.63) is 12.2 Å². The average Bonchev–Trinajstić information content (AvgIpc) is 4.13. The van der Waals surface area contributed by atoms with E-state index < -0.39 is 18.1 Å². The number of carbonyl (C=O) groups excluding carboxylic acids is 5. The summed E-state index contributed by atoms with van der Waals surface area (Å²) in [5.74, 6) is -5.69. The summed E-state index contributed by atoms with van der Waals surface area (Å²) in [4.78, 5) is 57.5. The Labute approximate surface area is 380 Å². The van der Waals surface area contributed by atoms with Crippen molar-refractivity contribution in [2.45, 2.75) is 197 Å². The highest BCUT2D eigenvalue weighted by molar-refractivity contribution is 5.95. The summed E-state index contributed by atoms with van der Waals surface area (Å²) in [5, 5.41) is 9.51. The van der Waals surface area contributed by atoms with Gasteiger partial charge in [-0.05, 0) is 70.3 Å². The molecule has 6 saturated heterocycles. The molecule has 15 nitrogen and oxygen atoms in total. The van der Waals surface area contributed by atoms with E-state index in [1.807, 2.05) is 6.92 Å². The molecule has 3 saturated carbocycles. The molecule has 366 valence electrons. The second kappa shape index (κ2) is 23.9. The minimum Gasteiger partial charge on any atom is -0.462 e. The molecule has 3 aliphatic carbocycles. The highest BCUT2D eigenvalue weighted by Gasteiger charge is 2.53. The fourth-order valence-corrected chi connectivity index (χ4v) is 11.2. The molecule has 17 heteroatoms. The van der Waals surface area contributed by atoms with Gasteiger partial charge in [0.05, 0.1) is 37.6 Å². The number of fused-ring (bicyclic) bond motifs is 3. The topological polar surface area (TPSA) is 189 Å². The molecule has 7 unspecified atom stereocenters. The van der Waals surface area contributed by atoms with Gasteiger partial charge in [-0.1, -0.05) is 32.3 Å². The van der Waals surface area contributed by atoms with Crippen molar-refractivity contribution in [2.75, 3.05) is 26.4 Å². The van der Waals surface area contributed by atoms with Crippen molar-refractivity contribution in [1.82, 2.24) is 0 Å². The van der Waals surface area contributed by atoms with Crippen LogP contribution in [0.1, 0.15) is 135 Å². The van der Waals surface area contributed by atoms with Gasteiger partial charge in [-0.15, -0.1) is 0 Å². The lowest BCUT2D eigenvalue weighted by Gasteiger charge is -2.29. The minimum absolute atomic E-state index is 0.00332. The number of carbonyl (C=O) groups is 5. The highest BCUT2D eigenvalue weighted by atomic mass is 19.3. The number of aliphatic hydroxyl groups excluding tert-OH is 1. The average molecular weight is 925 g/mol. The van der Waals surface area contributed by atoms with Crippen LogP contribution >= 0.6 is 0 Å². The lowest BCUT2D eigenvalue weighted by atomic mass is 9.91. The van der Waals surface area contributed by atoms with Gasteiger partial charge in [0.1, 0.15) is 24.6 Å². The molecule has 9 rings (SSSR count). The molecule has 6 aliphatic heterocycles. The second-order valence-electron chi connectivity index (χ2n) is 19.2. The number of unbranched alkanes of at least 4 members (excludes halogenated alkanes) is 3. The third-order valence-corrected chi connectivity index (χ3v) is 14.7. The Morgan fingerprint density at radius 1 is 0.662 bits per heavy atom. The molecule has 0 aromatic heterocycles. The molecule has 0 aromatic rings. The number of allylic oxidation sites excluding steroid dienone is 1. The van der Waals surface area contributed by atoms with E-state index in [-0.39, 0.29) is 122 Å². The number of ketones is 1. The van der Waals surface area contributed by atoms with Gasteiger partial charge in [-0.2, -0.15) is 8.78 Å². The van der Waals surface area contributed by atoms with Crippen LogP contribution in [0.2, 0.25) is 0 Å². The minimum atomic E-state index is -3.35. The van der Waals surface area contributed by atoms with Crippen molar-refractivity contribution in [2.24, 2.45) is 35.5 Å². The zero-order chi connectivity index (χ0) is 45.9. The summed E-state index contributed by atoms with van der Waals surface area (Å²) in [6.45, 7) is 4.18. The van der Waals surface area contributed by atoms with E-state index in [2.05, 4.69) is 0 Å². The molecule has 0 bridgehead atoms. The highest BCUT2D eigenvalue weighted by Crippen LogP contribution is 2.46. The fourth-order valence-electron chi connectivity index (χ4n) is 11.2. The SMILES string of the molecule is CCCCCCC(F)(F)C(=O)/C=C/[C@H]1[C@H](OC2CCCCO2)CC2OC(=O)C[C@@H]21.O=C1C[C@H]2C(C[C@@H](OC3CCCCO3)[C@@H]2CO)O1.O=CC1[C@H]2CC(=O)OC2C[C@H]1OC1CCCCO1. The van der Waals surface area contributed by atoms with Gasteiger partial charge in [0.2, 0.25) is 5.78 Å². The van der Waals surface area contributed by atoms with Crippen molar-refractivity contribution < 1.29 is 80.5 Å². The Morgan fingerprint density at radius 2 is 1.12 bits per heavy atom. The maximum Gasteiger partial charge on any atom is 0.309 e. The first-order valence-electron chi connectivity index (χ1n) is 24.5. The Hall–Kier alpha value is -2.93. The molecular formula is C48H70F2O15. The van der Waals surface area contributed by atoms with Crippen molar-refractivity contribution in [3.8, 4) is 0 Å². The molecular weight excluding hydrogens is 855 g/mol. The monoisotopic (exact) mass is 924 g/mol. The lowest BCUT2D eigenvalue weighted by molar-refractivity contribution is -0.199. The summed E-state index contributed by atoms with van der Waals surface area (Å²) < 4.78 is 78.9. The normalized spacial score (nSPS) is 38.7. The van der Waals surface area contributed by atoms with Crippen molar-refractivity contribution >= 4 is 30.0 Å². The molecule has 9 fully saturated rings. The Morgan fingerprint density at radius 3 is 1.60 bits per heavy atom. The van der Waals surface area contributed by atoms with Gasteiger partial charge >= 0.3 is 23.8 Å². The molecule has 1 N–H and O–H groups in total. The van der Waals surface area contributed by atoms with Gasteiger partial charge in [-0.25, -0.2) is 0 Å². The predicted molar refractivity (Wildman–Crippen MR) is 225 cm³/mol. The van der Waals surface area contributed by atoms with Gasteiger partial charge in [0.25, 0.3) is 0 Å². The molecule has 6 heterocycles. The largest absolute Gasteiger partial charge is 0.462 e. The van der Waals surface area contributed by atoms with Crippen molar-refractivity contribution in [1.29, 1.82) is 0 Å². The number of alkyl halides is 2. The number of rotatable bonds is 16. The van der Waals surface area contributed by atoms with Crippen LogP contribution in [0.5, 0.6) is 0 Å². The quantitative estimate of drug-likeness (QED) is 0.0583. The van der Waals surface area contributed by atoms with Gasteiger partial charge < -0.3 is 52.5 Å². The smallest absolute Gasteiger partial charge is 0.309 e. The maximum atomic E-state index is 14.2. The molecule has 0 aromatic carbocycles. The van der Waals surface area contributed by atoms with Gasteiger partial charge in [0, 0.05) is 87.6 Å². The number of aliphatic hydroxyl groups is 1. The standard InChI is InChI=1S/C22H32F2O5.C13H20O5.C13H18O5/c1-2-3-4-6-11-22(23,24)19(25)10-9-15-16-13-20(26)28-18(16)14-17(15)29-21-8-5-7-12-27-21;2*14-7-9-8-5-12(15)17-10(8)6-11(9)18-13-3-1-2-4-16-13/h9-10,15-18,21H,2-8,11-14H2,1H3;8-11,13-14H,1-7H2;7-11,13H,1-6H2/b10-9+;;/t15-,16-,17-,18?,21?;8-,9-,10?,11-,13?;8-,9?,10?,11-,13?/m111/s1. The van der Waals surface area contributed by atoms with Crippen LogP contribution < -0.4 is 0 Å². The third kappa shape index (κ3) is 13.2. The second-order valence-corrected chi connectivity index (χ2v) is 19.2. The number of esters is 3. The van der Waals surface area contributed by atoms with Crippen LogP contribution in [-0.4, -0.2) is 123 Å². The number of hydrogen-bond donors (Lipinski definition) is 1. The zero-order valence-electron chi connectivity index (χ0n) is 37.8. The van der Waals surface area contributed by atoms with E-state index in [1.54, 1.807) is 0 Å². The number of ether oxygens (including phenoxy) is 9. The summed E-state index contributed by atoms with van der Waals surface area (Å²) >= 11 is 0. The number of hydrogen-bond acceptors (Lipinski definition) is 15. The van der Waals surface area contributed by atoms with E-state index in [4.69, 9.17) is 42.6 Å². The molecule has 9 aliphatic rings. The van der Waals surface area contributed by atoms with Crippen LogP contribution in [0.3, 0.4) is 0 Å². The van der Waals surface area contributed by atoms with E-state index in [9.17, 15) is 37.9 Å². The summed E-state index contributed by atoms with van der Waals surface area (Å²) in [5.41, 5.74) is 0. The van der Waals surface area contributed by atoms with Crippen LogP contribution in [0.15, 0.2) is 12.2 Å². The van der Waals surface area contributed by atoms with Crippen molar-refractivity contribution in [3.63, 3.8) is 0 Å². The Bertz CT molecular complexity index is 1610. The first kappa shape index (κ1) is 50.0. The molecule has 0 amide bonds. The lowest BCUT2D eigenvalue weighted by Crippen LogP contribution is -2.33. The van der Waals surface area contributed by atoms with E-state index in [0.717, 1.165) is 96.2 Å². The van der Waals surface area contributed by atoms with E-state index >= 15 is 0 Å². The molecule has 0 radical (unpaired) electrons. The first-order chi connectivity index (χ1) is 31.5. The first-order valence-corrected chi connectivity index (χ1v) is 24.5. The van der Waals surface area contributed by atoms with Gasteiger partial charge in [-0.3, -0.25) is 19.2 Å². The number of aldehydes is 1. The number of halogens is 2. The molecule has 65 heavy (non-hydrogen) atoms. The van der Waals surface area contributed by atoms with E-state index in [0.29, 0.717) is 51.6 Å².